The van der Waals surface area contributed by atoms with E-state index in [0.29, 0.717) is 6.42 Å². The predicted molar refractivity (Wildman–Crippen MR) is 64.8 cm³/mol. The molecule has 0 aromatic rings. The van der Waals surface area contributed by atoms with Gasteiger partial charge < -0.3 is 15.5 Å². The number of amides is 1. The zero-order chi connectivity index (χ0) is 14.6. The minimum Gasteiger partial charge on any atom is -0.473 e. The lowest BCUT2D eigenvalue weighted by Crippen LogP contribution is -2.32. The first-order valence-electron chi connectivity index (χ1n) is 5.46. The molecule has 0 heterocycles. The first kappa shape index (κ1) is 18.7. The number of hydrogen-bond acceptors (Lipinski definition) is 5. The molecule has 0 saturated carbocycles. The Hall–Kier alpha value is -1.67. The lowest BCUT2D eigenvalue weighted by Gasteiger charge is -2.07. The van der Waals surface area contributed by atoms with Crippen molar-refractivity contribution in [3.63, 3.8) is 0 Å². The van der Waals surface area contributed by atoms with Crippen LogP contribution in [0.4, 0.5) is 0 Å². The van der Waals surface area contributed by atoms with Crippen LogP contribution in [0.25, 0.3) is 0 Å². The monoisotopic (exact) mass is 263 g/mol. The molecule has 0 atom stereocenters. The van der Waals surface area contributed by atoms with E-state index in [1.165, 1.54) is 0 Å². The predicted octanol–water partition coefficient (Wildman–Crippen LogP) is -0.829. The van der Waals surface area contributed by atoms with Gasteiger partial charge in [0.15, 0.2) is 0 Å². The first-order valence-corrected chi connectivity index (χ1v) is 5.46. The highest BCUT2D eigenvalue weighted by Gasteiger charge is 2.04. The van der Waals surface area contributed by atoms with Crippen molar-refractivity contribution in [2.75, 3.05) is 13.6 Å². The number of aliphatic carboxylic acids is 2. The molecule has 0 aliphatic rings. The highest BCUT2D eigenvalue weighted by molar-refractivity contribution is 6.27. The van der Waals surface area contributed by atoms with Gasteiger partial charge in [-0.1, -0.05) is 0 Å². The fraction of sp³-hybridized carbons (Fsp3) is 0.700. The van der Waals surface area contributed by atoms with Gasteiger partial charge in [-0.25, -0.2) is 9.59 Å². The molecule has 0 rings (SSSR count). The molecule has 0 radical (unpaired) electrons. The van der Waals surface area contributed by atoms with Crippen molar-refractivity contribution in [2.45, 2.75) is 32.7 Å². The zero-order valence-electron chi connectivity index (χ0n) is 10.8. The molecule has 0 spiro atoms. The normalized spacial score (nSPS) is 9.33. The number of rotatable bonds is 6. The summed E-state index contributed by atoms with van der Waals surface area (Å²) in [5.41, 5.74) is 5.73. The number of carboxylic acid groups (broad SMARTS) is 2. The Morgan fingerprint density at radius 1 is 1.11 bits per heavy atom. The van der Waals surface area contributed by atoms with Crippen molar-refractivity contribution in [3.8, 4) is 0 Å². The molecule has 1 amide bonds. The number of hydrogen-bond donors (Lipinski definition) is 5. The van der Waals surface area contributed by atoms with E-state index in [2.05, 4.69) is 16.2 Å². The molecule has 0 aromatic carbocycles. The average Bonchev–Trinajstić information content (AvgIpc) is 2.24. The van der Waals surface area contributed by atoms with Crippen molar-refractivity contribution >= 4 is 17.8 Å². The van der Waals surface area contributed by atoms with Crippen LogP contribution in [0.3, 0.4) is 0 Å². The Bertz CT molecular complexity index is 256. The first-order chi connectivity index (χ1) is 8.31. The molecule has 0 aromatic heterocycles. The second kappa shape index (κ2) is 11.8. The van der Waals surface area contributed by atoms with Crippen molar-refractivity contribution < 1.29 is 24.6 Å². The highest BCUT2D eigenvalue weighted by Crippen LogP contribution is 1.88. The minimum atomic E-state index is -1.82. The van der Waals surface area contributed by atoms with Crippen LogP contribution in [-0.4, -0.2) is 47.7 Å². The van der Waals surface area contributed by atoms with Gasteiger partial charge in [-0.15, -0.1) is 0 Å². The zero-order valence-corrected chi connectivity index (χ0v) is 10.8. The number of carbonyl (C=O) groups is 3. The SMILES string of the molecule is CNNCCCC(=O)NC(C)C.O=C(O)C(=O)O. The van der Waals surface area contributed by atoms with Crippen molar-refractivity contribution in [1.29, 1.82) is 0 Å². The van der Waals surface area contributed by atoms with Gasteiger partial charge in [0.05, 0.1) is 0 Å². The van der Waals surface area contributed by atoms with E-state index in [4.69, 9.17) is 19.8 Å². The molecule has 0 saturated heterocycles. The minimum absolute atomic E-state index is 0.128. The molecule has 18 heavy (non-hydrogen) atoms. The molecule has 8 nitrogen and oxygen atoms in total. The lowest BCUT2D eigenvalue weighted by molar-refractivity contribution is -0.159. The second-order valence-corrected chi connectivity index (χ2v) is 3.61. The summed E-state index contributed by atoms with van der Waals surface area (Å²) in [5.74, 6) is -3.52. The van der Waals surface area contributed by atoms with Crippen molar-refractivity contribution in [2.24, 2.45) is 0 Å². The summed E-state index contributed by atoms with van der Waals surface area (Å²) in [6.45, 7) is 4.75. The third-order valence-corrected chi connectivity index (χ3v) is 1.52. The van der Waals surface area contributed by atoms with Gasteiger partial charge in [-0.3, -0.25) is 15.6 Å². The van der Waals surface area contributed by atoms with E-state index in [9.17, 15) is 4.79 Å². The van der Waals surface area contributed by atoms with E-state index in [-0.39, 0.29) is 11.9 Å². The fourth-order valence-electron chi connectivity index (χ4n) is 0.856. The Labute approximate surface area is 106 Å². The summed E-state index contributed by atoms with van der Waals surface area (Å²) >= 11 is 0. The smallest absolute Gasteiger partial charge is 0.414 e. The summed E-state index contributed by atoms with van der Waals surface area (Å²) in [6.07, 6.45) is 1.45. The summed E-state index contributed by atoms with van der Waals surface area (Å²) in [5, 5.41) is 17.6. The van der Waals surface area contributed by atoms with Crippen molar-refractivity contribution in [1.82, 2.24) is 16.2 Å². The van der Waals surface area contributed by atoms with Gasteiger partial charge in [0.1, 0.15) is 0 Å². The van der Waals surface area contributed by atoms with Crippen LogP contribution in [0.2, 0.25) is 0 Å². The van der Waals surface area contributed by atoms with E-state index >= 15 is 0 Å². The van der Waals surface area contributed by atoms with Gasteiger partial charge >= 0.3 is 11.9 Å². The van der Waals surface area contributed by atoms with Crippen LogP contribution in [0.5, 0.6) is 0 Å². The van der Waals surface area contributed by atoms with Gasteiger partial charge in [-0.2, -0.15) is 0 Å². The molecular formula is C10H21N3O5. The summed E-state index contributed by atoms with van der Waals surface area (Å²) in [7, 11) is 1.81. The summed E-state index contributed by atoms with van der Waals surface area (Å²) < 4.78 is 0. The van der Waals surface area contributed by atoms with Crippen LogP contribution in [0.15, 0.2) is 0 Å². The third kappa shape index (κ3) is 16.7. The van der Waals surface area contributed by atoms with Crippen LogP contribution >= 0.6 is 0 Å². The van der Waals surface area contributed by atoms with E-state index in [1.54, 1.807) is 0 Å². The quantitative estimate of drug-likeness (QED) is 0.240. The Balaban J connectivity index is 0. The lowest BCUT2D eigenvalue weighted by atomic mass is 10.3. The van der Waals surface area contributed by atoms with Gasteiger partial charge in [0, 0.05) is 19.0 Å². The van der Waals surface area contributed by atoms with Crippen LogP contribution < -0.4 is 16.2 Å². The second-order valence-electron chi connectivity index (χ2n) is 3.61. The average molecular weight is 263 g/mol. The number of nitrogens with one attached hydrogen (secondary N) is 3. The third-order valence-electron chi connectivity index (χ3n) is 1.52. The Morgan fingerprint density at radius 2 is 1.61 bits per heavy atom. The molecule has 0 unspecified atom stereocenters. The molecule has 106 valence electrons. The fourth-order valence-corrected chi connectivity index (χ4v) is 0.856. The number of carboxylic acids is 2. The van der Waals surface area contributed by atoms with Crippen LogP contribution in [0, 0.1) is 0 Å². The van der Waals surface area contributed by atoms with Crippen molar-refractivity contribution in [3.05, 3.63) is 0 Å². The summed E-state index contributed by atoms with van der Waals surface area (Å²) in [4.78, 5) is 29.3. The molecule has 5 N–H and O–H groups in total. The van der Waals surface area contributed by atoms with E-state index in [0.717, 1.165) is 13.0 Å². The van der Waals surface area contributed by atoms with E-state index in [1.807, 2.05) is 20.9 Å². The largest absolute Gasteiger partial charge is 0.473 e. The van der Waals surface area contributed by atoms with Gasteiger partial charge in [0.25, 0.3) is 0 Å². The van der Waals surface area contributed by atoms with Gasteiger partial charge in [-0.05, 0) is 27.3 Å². The van der Waals surface area contributed by atoms with Crippen LogP contribution in [-0.2, 0) is 14.4 Å². The molecule has 0 aliphatic carbocycles. The molecule has 0 aliphatic heterocycles. The summed E-state index contributed by atoms with van der Waals surface area (Å²) in [6, 6.07) is 0.245. The Morgan fingerprint density at radius 3 is 1.94 bits per heavy atom. The maximum atomic E-state index is 11.1. The topological polar surface area (TPSA) is 128 Å². The molecule has 8 heteroatoms. The molecule has 0 fully saturated rings. The number of carbonyl (C=O) groups excluding carboxylic acids is 1. The number of hydrazine groups is 1. The maximum absolute atomic E-state index is 11.1. The van der Waals surface area contributed by atoms with Gasteiger partial charge in [0.2, 0.25) is 5.91 Å². The van der Waals surface area contributed by atoms with E-state index < -0.39 is 11.9 Å². The molecule has 0 bridgehead atoms. The standard InChI is InChI=1S/C8H19N3O.C2H2O4/c1-7(2)11-8(12)5-4-6-10-9-3;3-1(4)2(5)6/h7,9-10H,4-6H2,1-3H3,(H,11,12);(H,3,4)(H,5,6). The van der Waals surface area contributed by atoms with Crippen LogP contribution in [0.1, 0.15) is 26.7 Å². The Kier molecular flexibility index (Phi) is 12.3. The highest BCUT2D eigenvalue weighted by atomic mass is 16.4. The maximum Gasteiger partial charge on any atom is 0.414 e. The molecular weight excluding hydrogens is 242 g/mol.